The molecule has 0 saturated heterocycles. The number of hydrogen-bond acceptors (Lipinski definition) is 4. The highest BCUT2D eigenvalue weighted by atomic mass is 35.5. The number of carbonyl (C=O) groups excluding carboxylic acids is 1. The average molecular weight is 447 g/mol. The van der Waals surface area contributed by atoms with Crippen LogP contribution in [0.1, 0.15) is 27.0 Å². The predicted octanol–water partition coefficient (Wildman–Crippen LogP) is 7.13. The number of amides is 1. The molecule has 2 aromatic carbocycles. The SMILES string of the molecule is Cc1ccc(C)c2sc(N(Cc3ccccc3)C(=O)c3cc(Cl)sc3Cl)nc12. The third-order valence-corrected chi connectivity index (χ3v) is 7.18. The molecule has 4 rings (SSSR count). The fraction of sp³-hybridized carbons (Fsp3) is 0.143. The lowest BCUT2D eigenvalue weighted by Crippen LogP contribution is -2.30. The van der Waals surface area contributed by atoms with E-state index in [1.54, 1.807) is 11.0 Å². The van der Waals surface area contributed by atoms with Gasteiger partial charge in [-0.25, -0.2) is 4.98 Å². The second-order valence-electron chi connectivity index (χ2n) is 6.49. The summed E-state index contributed by atoms with van der Waals surface area (Å²) in [6.07, 6.45) is 0. The molecule has 0 saturated carbocycles. The van der Waals surface area contributed by atoms with E-state index in [0.717, 1.165) is 26.9 Å². The first-order valence-electron chi connectivity index (χ1n) is 8.61. The summed E-state index contributed by atoms with van der Waals surface area (Å²) in [7, 11) is 0. The Kier molecular flexibility index (Phi) is 5.43. The van der Waals surface area contributed by atoms with Crippen LogP contribution in [0.3, 0.4) is 0 Å². The number of aromatic nitrogens is 1. The summed E-state index contributed by atoms with van der Waals surface area (Å²) in [6, 6.07) is 15.6. The quantitative estimate of drug-likeness (QED) is 0.333. The second kappa shape index (κ2) is 7.84. The van der Waals surface area contributed by atoms with E-state index >= 15 is 0 Å². The second-order valence-corrected chi connectivity index (χ2v) is 9.75. The van der Waals surface area contributed by atoms with E-state index in [1.807, 2.05) is 37.3 Å². The topological polar surface area (TPSA) is 33.2 Å². The van der Waals surface area contributed by atoms with Gasteiger partial charge in [-0.3, -0.25) is 9.69 Å². The summed E-state index contributed by atoms with van der Waals surface area (Å²) in [5.74, 6) is -0.202. The van der Waals surface area contributed by atoms with Gasteiger partial charge in [-0.1, -0.05) is 77.0 Å². The fourth-order valence-electron chi connectivity index (χ4n) is 2.99. The molecule has 3 nitrogen and oxygen atoms in total. The molecule has 28 heavy (non-hydrogen) atoms. The van der Waals surface area contributed by atoms with E-state index in [4.69, 9.17) is 28.2 Å². The standard InChI is InChI=1S/C21H16Cl2N2OS2/c1-12-8-9-13(2)18-17(12)24-21(28-18)25(11-14-6-4-3-5-7-14)20(26)15-10-16(22)27-19(15)23/h3-10H,11H2,1-2H3. The maximum atomic E-state index is 13.4. The monoisotopic (exact) mass is 446 g/mol. The molecule has 2 aromatic heterocycles. The first kappa shape index (κ1) is 19.4. The molecule has 0 radical (unpaired) electrons. The molecule has 0 aliphatic carbocycles. The van der Waals surface area contributed by atoms with Crippen LogP contribution in [-0.2, 0) is 6.54 Å². The van der Waals surface area contributed by atoms with Crippen LogP contribution in [0.4, 0.5) is 5.13 Å². The number of thiophene rings is 1. The molecule has 2 heterocycles. The number of benzene rings is 2. The van der Waals surface area contributed by atoms with Crippen LogP contribution in [0, 0.1) is 13.8 Å². The van der Waals surface area contributed by atoms with Gasteiger partial charge >= 0.3 is 0 Å². The smallest absolute Gasteiger partial charge is 0.262 e. The number of carbonyl (C=O) groups is 1. The van der Waals surface area contributed by atoms with Crippen LogP contribution in [-0.4, -0.2) is 10.9 Å². The van der Waals surface area contributed by atoms with Crippen LogP contribution in [0.25, 0.3) is 10.2 Å². The van der Waals surface area contributed by atoms with E-state index in [0.29, 0.717) is 25.9 Å². The minimum atomic E-state index is -0.202. The number of rotatable bonds is 4. The number of fused-ring (bicyclic) bond motifs is 1. The van der Waals surface area contributed by atoms with Crippen LogP contribution in [0.5, 0.6) is 0 Å². The lowest BCUT2D eigenvalue weighted by atomic mass is 10.1. The Morgan fingerprint density at radius 1 is 1.04 bits per heavy atom. The number of anilines is 1. The van der Waals surface area contributed by atoms with Gasteiger partial charge in [-0.05, 0) is 36.6 Å². The van der Waals surface area contributed by atoms with Gasteiger partial charge in [0.05, 0.1) is 26.7 Å². The molecule has 0 bridgehead atoms. The lowest BCUT2D eigenvalue weighted by Gasteiger charge is -2.19. The van der Waals surface area contributed by atoms with Crippen molar-refractivity contribution in [3.63, 3.8) is 0 Å². The number of halogens is 2. The van der Waals surface area contributed by atoms with E-state index < -0.39 is 0 Å². The van der Waals surface area contributed by atoms with Gasteiger partial charge in [-0.15, -0.1) is 11.3 Å². The number of thiazole rings is 1. The Hall–Kier alpha value is -1.92. The Labute approximate surface area is 181 Å². The predicted molar refractivity (Wildman–Crippen MR) is 120 cm³/mol. The van der Waals surface area contributed by atoms with Crippen molar-refractivity contribution in [3.05, 3.63) is 79.5 Å². The summed E-state index contributed by atoms with van der Waals surface area (Å²) in [4.78, 5) is 19.9. The van der Waals surface area contributed by atoms with Crippen LogP contribution >= 0.6 is 45.9 Å². The zero-order chi connectivity index (χ0) is 19.8. The van der Waals surface area contributed by atoms with Crippen LogP contribution in [0.15, 0.2) is 48.5 Å². The summed E-state index contributed by atoms with van der Waals surface area (Å²) in [5, 5.41) is 0.652. The molecule has 4 aromatic rings. The molecule has 0 N–H and O–H groups in total. The summed E-state index contributed by atoms with van der Waals surface area (Å²) >= 11 is 15.1. The van der Waals surface area contributed by atoms with Crippen molar-refractivity contribution in [2.75, 3.05) is 4.90 Å². The van der Waals surface area contributed by atoms with Crippen molar-refractivity contribution in [2.45, 2.75) is 20.4 Å². The van der Waals surface area contributed by atoms with Crippen molar-refractivity contribution in [1.29, 1.82) is 0 Å². The van der Waals surface area contributed by atoms with E-state index in [1.165, 1.54) is 22.7 Å². The Morgan fingerprint density at radius 3 is 2.39 bits per heavy atom. The zero-order valence-corrected chi connectivity index (χ0v) is 18.3. The van der Waals surface area contributed by atoms with Crippen molar-refractivity contribution in [3.8, 4) is 0 Å². The summed E-state index contributed by atoms with van der Waals surface area (Å²) < 4.78 is 1.97. The Bertz CT molecular complexity index is 1130. The number of aryl methyl sites for hydroxylation is 2. The van der Waals surface area contributed by atoms with Gasteiger partial charge in [0.25, 0.3) is 5.91 Å². The lowest BCUT2D eigenvalue weighted by molar-refractivity contribution is 0.0985. The molecule has 0 unspecified atom stereocenters. The number of nitrogens with zero attached hydrogens (tertiary/aromatic N) is 2. The van der Waals surface area contributed by atoms with Gasteiger partial charge in [0, 0.05) is 0 Å². The molecular formula is C21H16Cl2N2OS2. The van der Waals surface area contributed by atoms with E-state index in [2.05, 4.69) is 19.1 Å². The van der Waals surface area contributed by atoms with E-state index in [9.17, 15) is 4.79 Å². The van der Waals surface area contributed by atoms with Crippen LogP contribution in [0.2, 0.25) is 8.67 Å². The molecule has 0 aliphatic heterocycles. The molecule has 0 aliphatic rings. The van der Waals surface area contributed by atoms with E-state index in [-0.39, 0.29) is 5.91 Å². The molecule has 0 fully saturated rings. The third-order valence-electron chi connectivity index (χ3n) is 4.48. The first-order chi connectivity index (χ1) is 13.4. The maximum absolute atomic E-state index is 13.4. The van der Waals surface area contributed by atoms with Gasteiger partial charge in [0.2, 0.25) is 0 Å². The maximum Gasteiger partial charge on any atom is 0.262 e. The summed E-state index contributed by atoms with van der Waals surface area (Å²) in [6.45, 7) is 4.49. The number of hydrogen-bond donors (Lipinski definition) is 0. The highest BCUT2D eigenvalue weighted by Crippen LogP contribution is 2.37. The van der Waals surface area contributed by atoms with Gasteiger partial charge in [0.1, 0.15) is 4.34 Å². The molecule has 142 valence electrons. The van der Waals surface area contributed by atoms with Crippen LogP contribution < -0.4 is 4.90 Å². The molecule has 7 heteroatoms. The summed E-state index contributed by atoms with van der Waals surface area (Å²) in [5.41, 5.74) is 4.58. The molecule has 1 amide bonds. The Morgan fingerprint density at radius 2 is 1.75 bits per heavy atom. The van der Waals surface area contributed by atoms with Gasteiger partial charge in [-0.2, -0.15) is 0 Å². The van der Waals surface area contributed by atoms with Gasteiger partial charge in [0.15, 0.2) is 5.13 Å². The highest BCUT2D eigenvalue weighted by Gasteiger charge is 2.25. The Balaban J connectivity index is 1.83. The third kappa shape index (κ3) is 3.67. The first-order valence-corrected chi connectivity index (χ1v) is 11.0. The fourth-order valence-corrected chi connectivity index (χ4v) is 5.54. The minimum absolute atomic E-state index is 0.202. The van der Waals surface area contributed by atoms with Gasteiger partial charge < -0.3 is 0 Å². The molecule has 0 atom stereocenters. The van der Waals surface area contributed by atoms with Crippen molar-refractivity contribution < 1.29 is 4.79 Å². The minimum Gasteiger partial charge on any atom is -0.279 e. The highest BCUT2D eigenvalue weighted by molar-refractivity contribution is 7.22. The average Bonchev–Trinajstić information content (AvgIpc) is 3.27. The zero-order valence-electron chi connectivity index (χ0n) is 15.2. The van der Waals surface area contributed by atoms with Crippen molar-refractivity contribution in [1.82, 2.24) is 4.98 Å². The largest absolute Gasteiger partial charge is 0.279 e. The van der Waals surface area contributed by atoms with Crippen molar-refractivity contribution >= 4 is 67.1 Å². The molecular weight excluding hydrogens is 431 g/mol. The van der Waals surface area contributed by atoms with Crippen molar-refractivity contribution in [2.24, 2.45) is 0 Å². The normalized spacial score (nSPS) is 11.1. The molecule has 0 spiro atoms.